The average Bonchev–Trinajstić information content (AvgIpc) is 3.57. The van der Waals surface area contributed by atoms with Gasteiger partial charge in [-0.2, -0.15) is 0 Å². The maximum atomic E-state index is 13.8. The molecule has 2 aromatic carbocycles. The summed E-state index contributed by atoms with van der Waals surface area (Å²) in [6.07, 6.45) is 1.48. The fourth-order valence-electron chi connectivity index (χ4n) is 5.65. The second-order valence-electron chi connectivity index (χ2n) is 13.5. The lowest BCUT2D eigenvalue weighted by molar-refractivity contribution is -0.384. The first kappa shape index (κ1) is 33.7. The standard InChI is InChI=1S/C33H43N3O6S2Si/c1-7-26(42-45(5,6)33(2,3)4)27-29(37)35-28(31(38)41-21-23-13-15-24(16-14-23)36(39)40)32(44-30(27)35)43-25-17-18-34(20-25)19-22-11-9-8-10-12-22/h8-16,25-27,30H,7,17-21H2,1-6H3/t25-,26-,27+,30+/m0/s1. The van der Waals surface area contributed by atoms with Gasteiger partial charge in [0, 0.05) is 30.5 Å². The molecule has 0 aliphatic carbocycles. The van der Waals surface area contributed by atoms with Gasteiger partial charge in [-0.1, -0.05) is 69.8 Å². The van der Waals surface area contributed by atoms with E-state index in [4.69, 9.17) is 9.16 Å². The first-order valence-electron chi connectivity index (χ1n) is 15.5. The molecular formula is C33H43N3O6S2Si. The number of nitrogens with zero attached hydrogens (tertiary/aromatic N) is 3. The number of thioether (sulfide) groups is 2. The lowest BCUT2D eigenvalue weighted by Crippen LogP contribution is -2.63. The number of likely N-dealkylation sites (tertiary alicyclic amines) is 1. The van der Waals surface area contributed by atoms with E-state index in [2.05, 4.69) is 70.0 Å². The Bertz CT molecular complexity index is 1450. The molecule has 0 unspecified atom stereocenters. The van der Waals surface area contributed by atoms with E-state index in [1.807, 2.05) is 6.07 Å². The van der Waals surface area contributed by atoms with Gasteiger partial charge in [0.05, 0.1) is 21.2 Å². The number of hydrogen-bond donors (Lipinski definition) is 0. The van der Waals surface area contributed by atoms with Crippen LogP contribution in [-0.2, 0) is 31.9 Å². The molecule has 3 aliphatic rings. The molecule has 5 rings (SSSR count). The molecule has 1 amide bonds. The third-order valence-corrected chi connectivity index (χ3v) is 16.6. The molecule has 0 bridgehead atoms. The Morgan fingerprint density at radius 2 is 1.82 bits per heavy atom. The Hall–Kier alpha value is -2.64. The molecule has 12 heteroatoms. The fourth-order valence-corrected chi connectivity index (χ4v) is 10.4. The van der Waals surface area contributed by atoms with Crippen molar-refractivity contribution in [3.63, 3.8) is 0 Å². The lowest BCUT2D eigenvalue weighted by atomic mass is 9.90. The highest BCUT2D eigenvalue weighted by molar-refractivity contribution is 8.23. The molecule has 0 aromatic heterocycles. The number of amides is 1. The second-order valence-corrected chi connectivity index (χ2v) is 20.9. The summed E-state index contributed by atoms with van der Waals surface area (Å²) in [5.74, 6) is -0.967. The van der Waals surface area contributed by atoms with E-state index in [9.17, 15) is 19.7 Å². The van der Waals surface area contributed by atoms with Crippen LogP contribution in [0.1, 0.15) is 51.7 Å². The molecule has 2 saturated heterocycles. The Morgan fingerprint density at radius 1 is 1.13 bits per heavy atom. The Labute approximate surface area is 275 Å². The molecule has 0 spiro atoms. The zero-order valence-electron chi connectivity index (χ0n) is 26.9. The minimum Gasteiger partial charge on any atom is -0.456 e. The van der Waals surface area contributed by atoms with Gasteiger partial charge in [0.15, 0.2) is 14.0 Å². The summed E-state index contributed by atoms with van der Waals surface area (Å²) >= 11 is 3.27. The second kappa shape index (κ2) is 13.6. The molecule has 0 radical (unpaired) electrons. The molecule has 0 N–H and O–H groups in total. The summed E-state index contributed by atoms with van der Waals surface area (Å²) in [5, 5.41) is 11.1. The zero-order chi connectivity index (χ0) is 32.5. The maximum absolute atomic E-state index is 13.8. The molecular weight excluding hydrogens is 627 g/mol. The topological polar surface area (TPSA) is 102 Å². The quantitative estimate of drug-likeness (QED) is 0.0767. The summed E-state index contributed by atoms with van der Waals surface area (Å²) < 4.78 is 13.3. The number of β-lactam (4-membered cyclic amide) rings is 1. The van der Waals surface area contributed by atoms with Gasteiger partial charge in [0.1, 0.15) is 12.0 Å². The predicted octanol–water partition coefficient (Wildman–Crippen LogP) is 7.15. The van der Waals surface area contributed by atoms with Crippen molar-refractivity contribution < 1.29 is 23.7 Å². The first-order chi connectivity index (χ1) is 21.3. The number of benzene rings is 2. The van der Waals surface area contributed by atoms with Crippen molar-refractivity contribution in [2.75, 3.05) is 13.1 Å². The number of fused-ring (bicyclic) bond motifs is 1. The van der Waals surface area contributed by atoms with E-state index in [1.54, 1.807) is 40.6 Å². The number of rotatable bonds is 12. The van der Waals surface area contributed by atoms with Crippen LogP contribution in [0.3, 0.4) is 0 Å². The molecule has 3 aliphatic heterocycles. The smallest absolute Gasteiger partial charge is 0.357 e. The Morgan fingerprint density at radius 3 is 2.44 bits per heavy atom. The number of nitro groups is 1. The lowest BCUT2D eigenvalue weighted by Gasteiger charge is -2.48. The summed E-state index contributed by atoms with van der Waals surface area (Å²) in [6.45, 7) is 15.8. The van der Waals surface area contributed by atoms with Crippen LogP contribution in [0.5, 0.6) is 0 Å². The van der Waals surface area contributed by atoms with Crippen molar-refractivity contribution in [1.82, 2.24) is 9.80 Å². The van der Waals surface area contributed by atoms with Crippen LogP contribution in [0.4, 0.5) is 5.69 Å². The number of ether oxygens (including phenoxy) is 1. The van der Waals surface area contributed by atoms with Crippen molar-refractivity contribution in [2.24, 2.45) is 5.92 Å². The molecule has 45 heavy (non-hydrogen) atoms. The summed E-state index contributed by atoms with van der Waals surface area (Å²) in [7, 11) is -2.13. The van der Waals surface area contributed by atoms with E-state index >= 15 is 0 Å². The molecule has 2 fully saturated rings. The number of esters is 1. The first-order valence-corrected chi connectivity index (χ1v) is 20.2. The van der Waals surface area contributed by atoms with Crippen molar-refractivity contribution in [3.05, 3.63) is 85.8 Å². The number of carbonyl (C=O) groups excluding carboxylic acids is 2. The molecule has 2 aromatic rings. The maximum Gasteiger partial charge on any atom is 0.357 e. The van der Waals surface area contributed by atoms with Crippen molar-refractivity contribution >= 4 is 49.4 Å². The van der Waals surface area contributed by atoms with Gasteiger partial charge in [-0.15, -0.1) is 11.8 Å². The van der Waals surface area contributed by atoms with Crippen LogP contribution in [0.25, 0.3) is 0 Å². The van der Waals surface area contributed by atoms with E-state index in [-0.39, 0.29) is 45.9 Å². The normalized spacial score (nSPS) is 22.8. The molecule has 3 heterocycles. The summed E-state index contributed by atoms with van der Waals surface area (Å²) in [4.78, 5) is 42.1. The highest BCUT2D eigenvalue weighted by Gasteiger charge is 2.60. The van der Waals surface area contributed by atoms with Crippen LogP contribution < -0.4 is 0 Å². The zero-order valence-corrected chi connectivity index (χ0v) is 29.5. The highest BCUT2D eigenvalue weighted by Crippen LogP contribution is 2.56. The molecule has 9 nitrogen and oxygen atoms in total. The van der Waals surface area contributed by atoms with Crippen LogP contribution in [0.15, 0.2) is 64.5 Å². The van der Waals surface area contributed by atoms with Gasteiger partial charge in [0.25, 0.3) is 5.69 Å². The number of non-ortho nitro benzene ring substituents is 1. The third kappa shape index (κ3) is 7.35. The van der Waals surface area contributed by atoms with Crippen molar-refractivity contribution in [1.29, 1.82) is 0 Å². The van der Waals surface area contributed by atoms with Gasteiger partial charge >= 0.3 is 5.97 Å². The number of hydrogen-bond acceptors (Lipinski definition) is 9. The largest absolute Gasteiger partial charge is 0.456 e. The molecule has 242 valence electrons. The van der Waals surface area contributed by atoms with Crippen LogP contribution in [0.2, 0.25) is 18.1 Å². The van der Waals surface area contributed by atoms with Gasteiger partial charge < -0.3 is 9.16 Å². The van der Waals surface area contributed by atoms with E-state index in [0.717, 1.165) is 30.3 Å². The predicted molar refractivity (Wildman–Crippen MR) is 182 cm³/mol. The molecule has 0 saturated carbocycles. The SMILES string of the molecule is CC[C@H](O[Si](C)(C)C(C)(C)C)[C@@H]1C(=O)N2C(C(=O)OCc3ccc([N+](=O)[O-])cc3)=C(S[C@H]3CCN(Cc4ccccc4)C3)S[C@H]12. The van der Waals surface area contributed by atoms with Gasteiger partial charge in [-0.3, -0.25) is 24.7 Å². The van der Waals surface area contributed by atoms with Gasteiger partial charge in [-0.25, -0.2) is 4.79 Å². The van der Waals surface area contributed by atoms with Gasteiger partial charge in [0.2, 0.25) is 5.91 Å². The van der Waals surface area contributed by atoms with Crippen molar-refractivity contribution in [3.8, 4) is 0 Å². The van der Waals surface area contributed by atoms with Gasteiger partial charge in [-0.05, 0) is 60.8 Å². The van der Waals surface area contributed by atoms with Crippen LogP contribution in [0, 0.1) is 16.0 Å². The van der Waals surface area contributed by atoms with E-state index < -0.39 is 19.2 Å². The van der Waals surface area contributed by atoms with Crippen LogP contribution in [-0.4, -0.2) is 64.7 Å². The Kier molecular flexibility index (Phi) is 10.2. The highest BCUT2D eigenvalue weighted by atomic mass is 32.2. The number of nitro benzene ring substituents is 1. The Balaban J connectivity index is 1.33. The van der Waals surface area contributed by atoms with E-state index in [1.165, 1.54) is 17.7 Å². The monoisotopic (exact) mass is 669 g/mol. The summed E-state index contributed by atoms with van der Waals surface area (Å²) in [6, 6.07) is 16.4. The minimum atomic E-state index is -2.13. The minimum absolute atomic E-state index is 0.00984. The summed E-state index contributed by atoms with van der Waals surface area (Å²) in [5.41, 5.74) is 2.21. The number of carbonyl (C=O) groups is 2. The fraction of sp³-hybridized carbons (Fsp3) is 0.515. The third-order valence-electron chi connectivity index (χ3n) is 9.26. The van der Waals surface area contributed by atoms with Crippen LogP contribution >= 0.6 is 23.5 Å². The molecule has 4 atom stereocenters. The van der Waals surface area contributed by atoms with Crippen molar-refractivity contribution in [2.45, 2.75) is 88.5 Å². The average molecular weight is 670 g/mol. The van der Waals surface area contributed by atoms with E-state index in [0.29, 0.717) is 17.7 Å².